The number of hydrogen-bond acceptors (Lipinski definition) is 26. The summed E-state index contributed by atoms with van der Waals surface area (Å²) in [6.45, 7) is 7.92. The SMILES string of the molecule is CCCCCCCCCCCCCCCC(=O)O.CNC(CC(C)C)C(=O)NC1C(=O)NC(CC(N)=O)C(=O)NC2C(=O)NC3C(=O)NC(C(=O)NC(C(=O)O)c4cc(O)cc(O)c4-c4cc3ccc4O)C(O)c3ccc(c(Cl)c3)Oc3cc2cc(c3OC2OC(CO)C(O)C(O)C2OC2CC(C)(N)C(O)C(C)O2)Oc2ccc(cc2Cl)C1O. The number of phenols is 3. The van der Waals surface area contributed by atoms with Crippen molar-refractivity contribution < 1.29 is 128 Å². The summed E-state index contributed by atoms with van der Waals surface area (Å²) in [4.78, 5) is 127. The number of fused-ring (bicyclic) bond motifs is 15. The Hall–Kier alpha value is -9.73. The topological polar surface area (TPSA) is 568 Å². The van der Waals surface area contributed by atoms with E-state index in [1.807, 2.05) is 13.8 Å². The van der Waals surface area contributed by atoms with Gasteiger partial charge in [0.15, 0.2) is 29.9 Å². The van der Waals surface area contributed by atoms with Gasteiger partial charge in [0.1, 0.15) is 89.5 Å². The minimum Gasteiger partial charge on any atom is -0.508 e. The van der Waals surface area contributed by atoms with Gasteiger partial charge in [0.2, 0.25) is 53.4 Å². The molecule has 5 aromatic carbocycles. The second-order valence-electron chi connectivity index (χ2n) is 31.1. The minimum atomic E-state index is -2.35. The molecule has 119 heavy (non-hydrogen) atoms. The van der Waals surface area contributed by atoms with Crippen molar-refractivity contribution in [2.24, 2.45) is 17.4 Å². The van der Waals surface area contributed by atoms with Crippen LogP contribution in [0.4, 0.5) is 0 Å². The predicted octanol–water partition coefficient (Wildman–Crippen LogP) is 5.66. The van der Waals surface area contributed by atoms with Crippen molar-refractivity contribution in [2.45, 2.75) is 253 Å². The van der Waals surface area contributed by atoms with Crippen LogP contribution in [0, 0.1) is 5.92 Å². The van der Waals surface area contributed by atoms with Gasteiger partial charge in [-0.2, -0.15) is 0 Å². The van der Waals surface area contributed by atoms with Crippen molar-refractivity contribution in [1.82, 2.24) is 37.2 Å². The number of likely N-dealkylation sites (N-methyl/N-ethyl adjacent to an activating group) is 1. The summed E-state index contributed by atoms with van der Waals surface area (Å²) >= 11 is 14.1. The highest BCUT2D eigenvalue weighted by Crippen LogP contribution is 2.50. The number of aliphatic hydroxyl groups is 6. The Balaban J connectivity index is 0.000000797. The maximum absolute atomic E-state index is 16.0. The van der Waals surface area contributed by atoms with Gasteiger partial charge < -0.3 is 133 Å². The molecule has 12 rings (SSSR count). The molecule has 7 aliphatic rings. The first-order chi connectivity index (χ1) is 56.4. The van der Waals surface area contributed by atoms with Gasteiger partial charge in [-0.25, -0.2) is 4.79 Å². The smallest absolute Gasteiger partial charge is 0.330 e. The van der Waals surface area contributed by atoms with Crippen molar-refractivity contribution >= 4 is 76.5 Å². The molecule has 0 aliphatic carbocycles. The lowest BCUT2D eigenvalue weighted by Crippen LogP contribution is -2.64. The first-order valence-corrected chi connectivity index (χ1v) is 40.4. The number of unbranched alkanes of at least 4 members (excludes halogenated alkanes) is 12. The molecule has 7 aliphatic heterocycles. The molecule has 7 heterocycles. The number of benzene rings is 5. The van der Waals surface area contributed by atoms with Gasteiger partial charge in [-0.3, -0.25) is 38.4 Å². The molecule has 2 saturated heterocycles. The number of carboxylic acids is 2. The van der Waals surface area contributed by atoms with E-state index in [0.717, 1.165) is 79.6 Å². The van der Waals surface area contributed by atoms with E-state index in [9.17, 15) is 79.8 Å². The third kappa shape index (κ3) is 23.7. The number of hydrogen-bond donors (Lipinski definition) is 20. The van der Waals surface area contributed by atoms with E-state index in [0.29, 0.717) is 6.42 Å². The fourth-order valence-electron chi connectivity index (χ4n) is 14.8. The third-order valence-electron chi connectivity index (χ3n) is 21.3. The van der Waals surface area contributed by atoms with Gasteiger partial charge in [0.05, 0.1) is 41.3 Å². The molecule has 35 nitrogen and oxygen atoms in total. The Morgan fingerprint density at radius 1 is 0.647 bits per heavy atom. The monoisotopic (exact) mass is 1700 g/mol. The number of aliphatic hydroxyl groups excluding tert-OH is 6. The molecule has 22 N–H and O–H groups in total. The molecular formula is C82H107Cl2N9O26. The average Bonchev–Trinajstić information content (AvgIpc) is 0.765. The Morgan fingerprint density at radius 2 is 1.21 bits per heavy atom. The molecule has 18 unspecified atom stereocenters. The van der Waals surface area contributed by atoms with Crippen LogP contribution in [0.5, 0.6) is 46.0 Å². The number of phenolic OH excluding ortho intramolecular Hbond substituents is 3. The molecule has 650 valence electrons. The highest BCUT2D eigenvalue weighted by Gasteiger charge is 2.52. The molecular weight excluding hydrogens is 1600 g/mol. The third-order valence-corrected chi connectivity index (χ3v) is 21.9. The normalized spacial score (nSPS) is 26.6. The van der Waals surface area contributed by atoms with Crippen molar-refractivity contribution in [3.63, 3.8) is 0 Å². The fraction of sp³-hybridized carbons (Fsp3) is 0.524. The summed E-state index contributed by atoms with van der Waals surface area (Å²) in [5, 5.41) is 139. The van der Waals surface area contributed by atoms with Crippen LogP contribution in [0.3, 0.4) is 0 Å². The van der Waals surface area contributed by atoms with Crippen LogP contribution in [0.15, 0.2) is 78.9 Å². The lowest BCUT2D eigenvalue weighted by molar-refractivity contribution is -0.333. The summed E-state index contributed by atoms with van der Waals surface area (Å²) in [7, 11) is 1.47. The lowest BCUT2D eigenvalue weighted by atomic mass is 9.86. The Kier molecular flexibility index (Phi) is 32.9. The summed E-state index contributed by atoms with van der Waals surface area (Å²) in [5.74, 6) is -16.6. The molecule has 37 heteroatoms. The molecule has 0 saturated carbocycles. The highest BCUT2D eigenvalue weighted by molar-refractivity contribution is 6.32. The van der Waals surface area contributed by atoms with E-state index in [-0.39, 0.29) is 46.2 Å². The molecule has 5 aromatic rings. The van der Waals surface area contributed by atoms with E-state index < -0.39 is 243 Å². The van der Waals surface area contributed by atoms with Gasteiger partial charge in [0, 0.05) is 41.1 Å². The number of aliphatic carboxylic acids is 2. The summed E-state index contributed by atoms with van der Waals surface area (Å²) < 4.78 is 38.3. The molecule has 0 radical (unpaired) electrons. The number of aromatic hydroxyl groups is 3. The maximum atomic E-state index is 16.0. The second-order valence-corrected chi connectivity index (χ2v) is 31.9. The summed E-state index contributed by atoms with van der Waals surface area (Å²) in [5.41, 5.74) is 8.00. The number of nitrogens with two attached hydrogens (primary N) is 2. The van der Waals surface area contributed by atoms with Gasteiger partial charge in [-0.05, 0) is 117 Å². The Morgan fingerprint density at radius 3 is 1.76 bits per heavy atom. The molecule has 2 fully saturated rings. The maximum Gasteiger partial charge on any atom is 0.330 e. The summed E-state index contributed by atoms with van der Waals surface area (Å²) in [6, 6.07) is -0.679. The number of nitrogens with one attached hydrogen (secondary N) is 7. The van der Waals surface area contributed by atoms with Crippen molar-refractivity contribution in [1.29, 1.82) is 0 Å². The number of rotatable bonds is 27. The number of halogens is 2. The van der Waals surface area contributed by atoms with Crippen LogP contribution < -0.4 is 62.9 Å². The van der Waals surface area contributed by atoms with Crippen LogP contribution in [-0.2, 0) is 57.4 Å². The van der Waals surface area contributed by atoms with Crippen molar-refractivity contribution in [3.05, 3.63) is 117 Å². The van der Waals surface area contributed by atoms with E-state index >= 15 is 14.4 Å². The largest absolute Gasteiger partial charge is 0.508 e. The van der Waals surface area contributed by atoms with Crippen LogP contribution in [0.25, 0.3) is 11.1 Å². The van der Waals surface area contributed by atoms with Gasteiger partial charge >= 0.3 is 11.9 Å². The summed E-state index contributed by atoms with van der Waals surface area (Å²) in [6.07, 6.45) is -1.28. The standard InChI is InChI=1S/C66H75Cl2N9O24.C16H32O2/c1-23(2)12-34(71-5)58(88)76-49-51(83)26-7-10-38(32(67)14-26)97-40-16-28-17-41(55(40)101-65-56(54(86)53(85)42(22-78)99-65)100-44-21-66(4,70)57(87)24(3)96-44)98-39-11-8-27(15-33(39)68)52(84)50-63(93)75-48(64(94)95)31-18-29(79)19-37(81)45(31)30-13-25(6-9-36(30)80)46(60(90)77-50)74-61(91)47(28)73-59(89)35(20-43(69)82)72-62(49)92;1-2-3-4-5-6-7-8-9-10-11-12-13-14-15-16(17)18/h6-11,13-19,23-24,34-35,42,44,46-54,56-57,65,71,78-81,83-87H,12,20-22,70H2,1-5H3,(H2,69,82)(H,72,92)(H,73,89)(H,74,91)(H,75,93)(H,76,88)(H,77,90)(H,94,95);2-15H2,1H3,(H,17,18). The molecule has 11 bridgehead atoms. The van der Waals surface area contributed by atoms with Gasteiger partial charge in [0.25, 0.3) is 0 Å². The van der Waals surface area contributed by atoms with E-state index in [2.05, 4.69) is 44.1 Å². The lowest BCUT2D eigenvalue weighted by Gasteiger charge is -2.47. The Bertz CT molecular complexity index is 4460. The highest BCUT2D eigenvalue weighted by atomic mass is 35.5. The van der Waals surface area contributed by atoms with Crippen molar-refractivity contribution in [2.75, 3.05) is 13.7 Å². The van der Waals surface area contributed by atoms with E-state index in [4.69, 9.17) is 68.2 Å². The van der Waals surface area contributed by atoms with Crippen LogP contribution in [-0.4, -0.2) is 202 Å². The first kappa shape index (κ1) is 93.1. The van der Waals surface area contributed by atoms with Crippen LogP contribution >= 0.6 is 23.2 Å². The zero-order chi connectivity index (χ0) is 87.0. The first-order valence-electron chi connectivity index (χ1n) is 39.6. The van der Waals surface area contributed by atoms with E-state index in [1.165, 1.54) is 104 Å². The number of amides is 7. The number of ether oxygens (including phenoxy) is 6. The van der Waals surface area contributed by atoms with E-state index in [1.54, 1.807) is 0 Å². The van der Waals surface area contributed by atoms with Gasteiger partial charge in [-0.15, -0.1) is 0 Å². The Labute approximate surface area is 696 Å². The zero-order valence-corrected chi connectivity index (χ0v) is 68.1. The van der Waals surface area contributed by atoms with Gasteiger partial charge in [-0.1, -0.05) is 139 Å². The van der Waals surface area contributed by atoms with Crippen LogP contribution in [0.1, 0.15) is 202 Å². The van der Waals surface area contributed by atoms with Crippen molar-refractivity contribution in [3.8, 4) is 57.1 Å². The number of primary amides is 1. The number of carbonyl (C=O) groups excluding carboxylic acids is 7. The fourth-order valence-corrected chi connectivity index (χ4v) is 15.2. The average molecular weight is 1710 g/mol. The number of carboxylic acid groups (broad SMARTS) is 2. The minimum absolute atomic E-state index is 0.0975. The molecule has 18 atom stereocenters. The number of carbonyl (C=O) groups is 9. The van der Waals surface area contributed by atoms with Crippen LogP contribution in [0.2, 0.25) is 10.0 Å². The molecule has 0 spiro atoms. The molecule has 0 aromatic heterocycles. The molecule has 7 amide bonds. The quantitative estimate of drug-likeness (QED) is 0.0282. The second kappa shape index (κ2) is 42.0. The zero-order valence-electron chi connectivity index (χ0n) is 66.6. The predicted molar refractivity (Wildman–Crippen MR) is 427 cm³/mol.